The van der Waals surface area contributed by atoms with Gasteiger partial charge >= 0.3 is 11.9 Å². The molecule has 0 aliphatic heterocycles. The molecule has 1 aromatic carbocycles. The Hall–Kier alpha value is -1.89. The lowest BCUT2D eigenvalue weighted by Gasteiger charge is -2.12. The number of carbonyl (C=O) groups excluding carboxylic acids is 1. The first-order valence-corrected chi connectivity index (χ1v) is 6.46. The number of benzene rings is 1. The maximum absolute atomic E-state index is 11.8. The van der Waals surface area contributed by atoms with Gasteiger partial charge in [-0.3, -0.25) is 9.59 Å². The summed E-state index contributed by atoms with van der Waals surface area (Å²) in [6, 6.07) is 5.09. The number of hydrogen-bond donors (Lipinski definition) is 3. The molecule has 1 rings (SSSR count). The maximum atomic E-state index is 11.8. The Labute approximate surface area is 117 Å². The van der Waals surface area contributed by atoms with E-state index in [0.717, 1.165) is 5.56 Å². The molecule has 1 aromatic rings. The average Bonchev–Trinajstić information content (AvgIpc) is 2.37. The Kier molecular flexibility index (Phi) is 5.50. The minimum absolute atomic E-state index is 0.279. The van der Waals surface area contributed by atoms with Gasteiger partial charge in [0.2, 0.25) is 0 Å². The summed E-state index contributed by atoms with van der Waals surface area (Å²) < 4.78 is 0. The van der Waals surface area contributed by atoms with Crippen LogP contribution in [0.1, 0.15) is 22.3 Å². The van der Waals surface area contributed by atoms with Crippen molar-refractivity contribution >= 4 is 33.8 Å². The highest BCUT2D eigenvalue weighted by atomic mass is 79.9. The standard InChI is InChI=1S/C12H12BrNO5/c13-6-7-1-3-8(4-2-7)11(17)14-9(12(18)19)5-10(15)16/h1-4,9H,5-6H2,(H,14,17)(H,15,16)(H,18,19)/t9-/m0/s1. The van der Waals surface area contributed by atoms with Crippen LogP contribution in [0.3, 0.4) is 0 Å². The number of amides is 1. The number of aliphatic carboxylic acids is 2. The molecule has 6 nitrogen and oxygen atoms in total. The summed E-state index contributed by atoms with van der Waals surface area (Å²) in [4.78, 5) is 33.1. The fourth-order valence-electron chi connectivity index (χ4n) is 1.36. The first kappa shape index (κ1) is 15.2. The van der Waals surface area contributed by atoms with Crippen molar-refractivity contribution in [3.05, 3.63) is 35.4 Å². The predicted octanol–water partition coefficient (Wildman–Crippen LogP) is 1.24. The van der Waals surface area contributed by atoms with E-state index in [9.17, 15) is 14.4 Å². The number of carboxylic acids is 2. The van der Waals surface area contributed by atoms with E-state index in [1.165, 1.54) is 0 Å². The Balaban J connectivity index is 2.75. The van der Waals surface area contributed by atoms with Crippen molar-refractivity contribution in [1.82, 2.24) is 5.32 Å². The summed E-state index contributed by atoms with van der Waals surface area (Å²) in [5.41, 5.74) is 1.25. The highest BCUT2D eigenvalue weighted by Gasteiger charge is 2.23. The molecule has 0 aromatic heterocycles. The van der Waals surface area contributed by atoms with E-state index in [1.54, 1.807) is 24.3 Å². The first-order valence-electron chi connectivity index (χ1n) is 5.34. The highest BCUT2D eigenvalue weighted by Crippen LogP contribution is 2.08. The van der Waals surface area contributed by atoms with Crippen LogP contribution < -0.4 is 5.32 Å². The van der Waals surface area contributed by atoms with Crippen molar-refractivity contribution in [2.45, 2.75) is 17.8 Å². The van der Waals surface area contributed by atoms with Gasteiger partial charge in [0.15, 0.2) is 0 Å². The number of carboxylic acid groups (broad SMARTS) is 2. The van der Waals surface area contributed by atoms with Crippen LogP contribution >= 0.6 is 15.9 Å². The SMILES string of the molecule is O=C(O)C[C@H](NC(=O)c1ccc(CBr)cc1)C(=O)O. The van der Waals surface area contributed by atoms with Crippen LogP contribution in [0.4, 0.5) is 0 Å². The molecule has 0 aliphatic carbocycles. The van der Waals surface area contributed by atoms with Crippen molar-refractivity contribution < 1.29 is 24.6 Å². The van der Waals surface area contributed by atoms with Crippen LogP contribution in [-0.4, -0.2) is 34.1 Å². The highest BCUT2D eigenvalue weighted by molar-refractivity contribution is 9.08. The zero-order chi connectivity index (χ0) is 14.4. The number of carbonyl (C=O) groups is 3. The van der Waals surface area contributed by atoms with Gasteiger partial charge in [-0.15, -0.1) is 0 Å². The molecule has 102 valence electrons. The van der Waals surface area contributed by atoms with E-state index in [1.807, 2.05) is 0 Å². The smallest absolute Gasteiger partial charge is 0.326 e. The molecular formula is C12H12BrNO5. The van der Waals surface area contributed by atoms with E-state index in [2.05, 4.69) is 21.2 Å². The van der Waals surface area contributed by atoms with E-state index in [4.69, 9.17) is 10.2 Å². The number of halogens is 1. The summed E-state index contributed by atoms with van der Waals surface area (Å²) in [7, 11) is 0. The molecule has 19 heavy (non-hydrogen) atoms. The normalized spacial score (nSPS) is 11.6. The Morgan fingerprint density at radius 1 is 1.16 bits per heavy atom. The molecule has 0 heterocycles. The molecule has 0 bridgehead atoms. The van der Waals surface area contributed by atoms with Gasteiger partial charge in [0.25, 0.3) is 5.91 Å². The number of rotatable bonds is 6. The van der Waals surface area contributed by atoms with E-state index < -0.39 is 30.3 Å². The van der Waals surface area contributed by atoms with Gasteiger partial charge in [0.05, 0.1) is 6.42 Å². The predicted molar refractivity (Wildman–Crippen MR) is 70.2 cm³/mol. The second-order valence-corrected chi connectivity index (χ2v) is 4.35. The summed E-state index contributed by atoms with van der Waals surface area (Å²) in [5, 5.41) is 20.2. The third-order valence-electron chi connectivity index (χ3n) is 2.35. The van der Waals surface area contributed by atoms with E-state index in [0.29, 0.717) is 5.33 Å². The van der Waals surface area contributed by atoms with Crippen LogP contribution in [0.2, 0.25) is 0 Å². The summed E-state index contributed by atoms with van der Waals surface area (Å²) in [6.45, 7) is 0. The van der Waals surface area contributed by atoms with Gasteiger partial charge in [-0.2, -0.15) is 0 Å². The molecular weight excluding hydrogens is 318 g/mol. The van der Waals surface area contributed by atoms with Crippen LogP contribution in [0.5, 0.6) is 0 Å². The minimum atomic E-state index is -1.44. The molecule has 0 unspecified atom stereocenters. The second-order valence-electron chi connectivity index (χ2n) is 3.79. The quantitative estimate of drug-likeness (QED) is 0.681. The average molecular weight is 330 g/mol. The Bertz CT molecular complexity index is 485. The molecule has 0 radical (unpaired) electrons. The van der Waals surface area contributed by atoms with Crippen LogP contribution in [-0.2, 0) is 14.9 Å². The fraction of sp³-hybridized carbons (Fsp3) is 0.250. The molecule has 0 fully saturated rings. The number of nitrogens with one attached hydrogen (secondary N) is 1. The maximum Gasteiger partial charge on any atom is 0.326 e. The molecule has 0 saturated heterocycles. The summed E-state index contributed by atoms with van der Waals surface area (Å²) in [5.74, 6) is -3.29. The zero-order valence-corrected chi connectivity index (χ0v) is 11.4. The van der Waals surface area contributed by atoms with E-state index >= 15 is 0 Å². The van der Waals surface area contributed by atoms with Crippen LogP contribution in [0, 0.1) is 0 Å². The van der Waals surface area contributed by atoms with Gasteiger partial charge in [0.1, 0.15) is 6.04 Å². The van der Waals surface area contributed by atoms with E-state index in [-0.39, 0.29) is 5.56 Å². The molecule has 0 saturated carbocycles. The lowest BCUT2D eigenvalue weighted by atomic mass is 10.1. The third-order valence-corrected chi connectivity index (χ3v) is 3.00. The molecule has 0 spiro atoms. The molecule has 7 heteroatoms. The van der Waals surface area contributed by atoms with Gasteiger partial charge < -0.3 is 15.5 Å². The Morgan fingerprint density at radius 2 is 1.74 bits per heavy atom. The number of alkyl halides is 1. The molecule has 3 N–H and O–H groups in total. The third kappa shape index (κ3) is 4.70. The largest absolute Gasteiger partial charge is 0.481 e. The Morgan fingerprint density at radius 3 is 2.16 bits per heavy atom. The topological polar surface area (TPSA) is 104 Å². The molecule has 1 atom stereocenters. The van der Waals surface area contributed by atoms with Crippen LogP contribution in [0.15, 0.2) is 24.3 Å². The molecule has 0 aliphatic rings. The first-order chi connectivity index (χ1) is 8.93. The van der Waals surface area contributed by atoms with Crippen molar-refractivity contribution in [1.29, 1.82) is 0 Å². The second kappa shape index (κ2) is 6.89. The fourth-order valence-corrected chi connectivity index (χ4v) is 1.74. The van der Waals surface area contributed by atoms with Gasteiger partial charge in [-0.25, -0.2) is 4.79 Å². The molecule has 1 amide bonds. The van der Waals surface area contributed by atoms with Crippen molar-refractivity contribution in [3.8, 4) is 0 Å². The zero-order valence-electron chi connectivity index (χ0n) is 9.80. The monoisotopic (exact) mass is 329 g/mol. The van der Waals surface area contributed by atoms with Crippen molar-refractivity contribution in [2.24, 2.45) is 0 Å². The lowest BCUT2D eigenvalue weighted by Crippen LogP contribution is -2.42. The van der Waals surface area contributed by atoms with Gasteiger partial charge in [-0.05, 0) is 17.7 Å². The van der Waals surface area contributed by atoms with Crippen molar-refractivity contribution in [2.75, 3.05) is 0 Å². The minimum Gasteiger partial charge on any atom is -0.481 e. The number of hydrogen-bond acceptors (Lipinski definition) is 3. The van der Waals surface area contributed by atoms with Gasteiger partial charge in [0, 0.05) is 10.9 Å². The van der Waals surface area contributed by atoms with Gasteiger partial charge in [-0.1, -0.05) is 28.1 Å². The summed E-state index contributed by atoms with van der Waals surface area (Å²) in [6.07, 6.45) is -0.666. The van der Waals surface area contributed by atoms with Crippen molar-refractivity contribution in [3.63, 3.8) is 0 Å². The summed E-state index contributed by atoms with van der Waals surface area (Å²) >= 11 is 3.26. The lowest BCUT2D eigenvalue weighted by molar-refractivity contribution is -0.145. The van der Waals surface area contributed by atoms with Crippen LogP contribution in [0.25, 0.3) is 0 Å².